The molecular formula is C31H33NO7S. The van der Waals surface area contributed by atoms with E-state index in [0.717, 1.165) is 47.9 Å². The average molecular weight is 564 g/mol. The Hall–Kier alpha value is -3.85. The maximum Gasteiger partial charge on any atom is 0.303 e. The van der Waals surface area contributed by atoms with Gasteiger partial charge >= 0.3 is 11.9 Å². The maximum atomic E-state index is 12.8. The van der Waals surface area contributed by atoms with Crippen LogP contribution >= 0.6 is 11.3 Å². The van der Waals surface area contributed by atoms with Crippen LogP contribution in [0.3, 0.4) is 0 Å². The Kier molecular flexibility index (Phi) is 8.69. The first-order valence-corrected chi connectivity index (χ1v) is 14.6. The summed E-state index contributed by atoms with van der Waals surface area (Å²) in [7, 11) is 0. The van der Waals surface area contributed by atoms with Gasteiger partial charge in [-0.2, -0.15) is 11.3 Å². The smallest absolute Gasteiger partial charge is 0.303 e. The van der Waals surface area contributed by atoms with E-state index >= 15 is 0 Å². The Labute approximate surface area is 236 Å². The summed E-state index contributed by atoms with van der Waals surface area (Å²) < 4.78 is 12.3. The molecule has 3 N–H and O–H groups in total. The standard InChI is InChI=1S/C31H33NO7S/c33-29(34)5-2-11-38-28-4-1-3-26(27(28)8-9-30(35)36)21-15-25(16-21)39-24-14-20(19-10-12-40-18-19)13-22(17-24)31(37)32-23-6-7-23/h1,3-4,10,12-14,17-18,21,23,25H,2,5-9,11,15-16H2,(H,32,37)(H,33,34)(H,35,36). The second-order valence-electron chi connectivity index (χ2n) is 10.5. The first kappa shape index (κ1) is 27.7. The van der Waals surface area contributed by atoms with Crippen LogP contribution in [0.15, 0.2) is 53.2 Å². The van der Waals surface area contributed by atoms with Gasteiger partial charge in [-0.05, 0) is 108 Å². The molecule has 0 aliphatic heterocycles. The molecule has 0 atom stereocenters. The number of carbonyl (C=O) groups is 3. The van der Waals surface area contributed by atoms with Gasteiger partial charge in [-0.3, -0.25) is 14.4 Å². The van der Waals surface area contributed by atoms with Crippen LogP contribution in [0.4, 0.5) is 0 Å². The van der Waals surface area contributed by atoms with Crippen LogP contribution in [0.25, 0.3) is 11.1 Å². The van der Waals surface area contributed by atoms with Gasteiger partial charge in [0.25, 0.3) is 5.91 Å². The summed E-state index contributed by atoms with van der Waals surface area (Å²) in [5, 5.41) is 25.3. The molecule has 3 aromatic rings. The summed E-state index contributed by atoms with van der Waals surface area (Å²) >= 11 is 1.60. The van der Waals surface area contributed by atoms with Crippen LogP contribution in [-0.4, -0.2) is 46.8 Å². The van der Waals surface area contributed by atoms with E-state index in [9.17, 15) is 19.5 Å². The molecule has 8 nitrogen and oxygen atoms in total. The number of carboxylic acids is 2. The lowest BCUT2D eigenvalue weighted by Crippen LogP contribution is -2.33. The van der Waals surface area contributed by atoms with Gasteiger partial charge in [0.2, 0.25) is 0 Å². The molecular weight excluding hydrogens is 530 g/mol. The lowest BCUT2D eigenvalue weighted by Gasteiger charge is -2.37. The molecule has 9 heteroatoms. The summed E-state index contributed by atoms with van der Waals surface area (Å²) in [5.41, 5.74) is 4.49. The molecule has 0 radical (unpaired) electrons. The topological polar surface area (TPSA) is 122 Å². The number of benzene rings is 2. The predicted octanol–water partition coefficient (Wildman–Crippen LogP) is 5.89. The van der Waals surface area contributed by atoms with Crippen LogP contribution in [0.5, 0.6) is 11.5 Å². The second-order valence-corrected chi connectivity index (χ2v) is 11.3. The Morgan fingerprint density at radius 2 is 1.77 bits per heavy atom. The van der Waals surface area contributed by atoms with E-state index in [4.69, 9.17) is 14.6 Å². The van der Waals surface area contributed by atoms with Crippen molar-refractivity contribution < 1.29 is 34.1 Å². The van der Waals surface area contributed by atoms with Gasteiger partial charge in [0.15, 0.2) is 0 Å². The van der Waals surface area contributed by atoms with Gasteiger partial charge in [0, 0.05) is 24.4 Å². The highest BCUT2D eigenvalue weighted by Crippen LogP contribution is 2.43. The molecule has 2 saturated carbocycles. The largest absolute Gasteiger partial charge is 0.493 e. The van der Waals surface area contributed by atoms with Crippen molar-refractivity contribution in [3.8, 4) is 22.6 Å². The number of thiophene rings is 1. The minimum atomic E-state index is -0.881. The number of rotatable bonds is 14. The molecule has 0 spiro atoms. The molecule has 1 amide bonds. The number of hydrogen-bond donors (Lipinski definition) is 3. The van der Waals surface area contributed by atoms with Crippen molar-refractivity contribution in [1.29, 1.82) is 0 Å². The summed E-state index contributed by atoms with van der Waals surface area (Å²) in [4.78, 5) is 35.0. The van der Waals surface area contributed by atoms with Gasteiger partial charge in [-0.1, -0.05) is 12.1 Å². The monoisotopic (exact) mass is 563 g/mol. The van der Waals surface area contributed by atoms with E-state index in [-0.39, 0.29) is 43.4 Å². The normalized spacial score (nSPS) is 18.0. The molecule has 0 bridgehead atoms. The van der Waals surface area contributed by atoms with Gasteiger partial charge in [0.05, 0.1) is 12.7 Å². The SMILES string of the molecule is O=C(O)CCCOc1cccc(C2CC(Oc3cc(C(=O)NC4CC4)cc(-c4ccsc4)c3)C2)c1CCC(=O)O. The minimum absolute atomic E-state index is 0.0172. The van der Waals surface area contributed by atoms with Gasteiger partial charge in [-0.25, -0.2) is 0 Å². The van der Waals surface area contributed by atoms with E-state index in [1.807, 2.05) is 47.8 Å². The average Bonchev–Trinajstić information content (AvgIpc) is 3.54. The number of aliphatic carboxylic acids is 2. The van der Waals surface area contributed by atoms with Crippen molar-refractivity contribution in [1.82, 2.24) is 5.32 Å². The number of amides is 1. The predicted molar refractivity (Wildman–Crippen MR) is 151 cm³/mol. The number of hydrogen-bond acceptors (Lipinski definition) is 6. The number of ether oxygens (including phenoxy) is 2. The van der Waals surface area contributed by atoms with Crippen molar-refractivity contribution >= 4 is 29.2 Å². The number of carbonyl (C=O) groups excluding carboxylic acids is 1. The highest BCUT2D eigenvalue weighted by molar-refractivity contribution is 7.08. The van der Waals surface area contributed by atoms with Crippen molar-refractivity contribution in [3.05, 3.63) is 69.9 Å². The zero-order chi connectivity index (χ0) is 28.1. The molecule has 1 heterocycles. The van der Waals surface area contributed by atoms with Crippen LogP contribution < -0.4 is 14.8 Å². The number of carboxylic acid groups (broad SMARTS) is 2. The van der Waals surface area contributed by atoms with Crippen molar-refractivity contribution in [2.24, 2.45) is 0 Å². The van der Waals surface area contributed by atoms with Crippen molar-refractivity contribution in [2.45, 2.75) is 69.4 Å². The highest BCUT2D eigenvalue weighted by Gasteiger charge is 2.34. The summed E-state index contributed by atoms with van der Waals surface area (Å²) in [6.45, 7) is 0.253. The highest BCUT2D eigenvalue weighted by atomic mass is 32.1. The lowest BCUT2D eigenvalue weighted by atomic mass is 9.75. The third-order valence-electron chi connectivity index (χ3n) is 7.32. The fraction of sp³-hybridized carbons (Fsp3) is 0.387. The van der Waals surface area contributed by atoms with E-state index in [1.54, 1.807) is 11.3 Å². The molecule has 0 saturated heterocycles. The van der Waals surface area contributed by atoms with Gasteiger partial charge < -0.3 is 25.0 Å². The van der Waals surface area contributed by atoms with E-state index in [0.29, 0.717) is 29.9 Å². The first-order valence-electron chi connectivity index (χ1n) is 13.7. The van der Waals surface area contributed by atoms with Crippen LogP contribution in [-0.2, 0) is 16.0 Å². The quantitative estimate of drug-likeness (QED) is 0.209. The van der Waals surface area contributed by atoms with E-state index < -0.39 is 11.9 Å². The third-order valence-corrected chi connectivity index (χ3v) is 8.01. The molecule has 2 aliphatic carbocycles. The van der Waals surface area contributed by atoms with E-state index in [1.165, 1.54) is 0 Å². The number of nitrogens with one attached hydrogen (secondary N) is 1. The minimum Gasteiger partial charge on any atom is -0.493 e. The lowest BCUT2D eigenvalue weighted by molar-refractivity contribution is -0.138. The third kappa shape index (κ3) is 7.21. The zero-order valence-electron chi connectivity index (χ0n) is 22.1. The first-order chi connectivity index (χ1) is 19.4. The summed E-state index contributed by atoms with van der Waals surface area (Å²) in [6.07, 6.45) is 4.24. The molecule has 40 heavy (non-hydrogen) atoms. The van der Waals surface area contributed by atoms with Crippen molar-refractivity contribution in [3.63, 3.8) is 0 Å². The fourth-order valence-electron chi connectivity index (χ4n) is 5.00. The summed E-state index contributed by atoms with van der Waals surface area (Å²) in [5.74, 6) is -0.375. The molecule has 1 aromatic heterocycles. The Bertz CT molecular complexity index is 1360. The molecule has 2 aromatic carbocycles. The molecule has 2 fully saturated rings. The zero-order valence-corrected chi connectivity index (χ0v) is 23.0. The van der Waals surface area contributed by atoms with Crippen molar-refractivity contribution in [2.75, 3.05) is 6.61 Å². The van der Waals surface area contributed by atoms with E-state index in [2.05, 4.69) is 10.7 Å². The van der Waals surface area contributed by atoms with Gasteiger partial charge in [-0.15, -0.1) is 0 Å². The Morgan fingerprint density at radius 1 is 0.975 bits per heavy atom. The molecule has 210 valence electrons. The van der Waals surface area contributed by atoms with Crippen LogP contribution in [0, 0.1) is 0 Å². The maximum absolute atomic E-state index is 12.8. The molecule has 5 rings (SSSR count). The molecule has 2 aliphatic rings. The Morgan fingerprint density at radius 3 is 2.48 bits per heavy atom. The van der Waals surface area contributed by atoms with Gasteiger partial charge in [0.1, 0.15) is 11.5 Å². The second kappa shape index (κ2) is 12.6. The van der Waals surface area contributed by atoms with Crippen LogP contribution in [0.1, 0.15) is 72.3 Å². The fourth-order valence-corrected chi connectivity index (χ4v) is 5.67. The van der Waals surface area contributed by atoms with Crippen LogP contribution in [0.2, 0.25) is 0 Å². The Balaban J connectivity index is 1.28. The molecule has 0 unspecified atom stereocenters. The summed E-state index contributed by atoms with van der Waals surface area (Å²) in [6, 6.07) is 13.7.